The molecule has 0 saturated carbocycles. The number of methoxy groups -OCH3 is 1. The molecule has 0 radical (unpaired) electrons. The van der Waals surface area contributed by atoms with Crippen molar-refractivity contribution >= 4 is 29.2 Å². The van der Waals surface area contributed by atoms with Gasteiger partial charge in [0, 0.05) is 5.56 Å². The van der Waals surface area contributed by atoms with E-state index in [1.165, 1.54) is 19.2 Å². The fraction of sp³-hybridized carbons (Fsp3) is 0.133. The summed E-state index contributed by atoms with van der Waals surface area (Å²) in [4.78, 5) is 11.0. The number of carbonyl (C=O) groups is 1. The Morgan fingerprint density at radius 1 is 1.19 bits per heavy atom. The molecule has 21 heavy (non-hydrogen) atoms. The average Bonchev–Trinajstić information content (AvgIpc) is 2.48. The minimum Gasteiger partial charge on any atom is -0.496 e. The molecule has 0 amide bonds. The SMILES string of the molecule is COc1ccc(C(=O)O)cc1COc1cccc(Cl)c1Cl. The lowest BCUT2D eigenvalue weighted by Gasteiger charge is -2.12. The van der Waals surface area contributed by atoms with E-state index in [9.17, 15) is 4.79 Å². The van der Waals surface area contributed by atoms with E-state index in [0.717, 1.165) is 0 Å². The van der Waals surface area contributed by atoms with Gasteiger partial charge in [-0.1, -0.05) is 29.3 Å². The average molecular weight is 327 g/mol. The lowest BCUT2D eigenvalue weighted by atomic mass is 10.1. The maximum atomic E-state index is 11.0. The number of carboxylic acids is 1. The summed E-state index contributed by atoms with van der Waals surface area (Å²) < 4.78 is 10.8. The molecule has 110 valence electrons. The summed E-state index contributed by atoms with van der Waals surface area (Å²) in [5, 5.41) is 9.72. The van der Waals surface area contributed by atoms with Crippen molar-refractivity contribution in [2.45, 2.75) is 6.61 Å². The Hall–Kier alpha value is -1.91. The van der Waals surface area contributed by atoms with Crippen molar-refractivity contribution < 1.29 is 19.4 Å². The second-order valence-electron chi connectivity index (χ2n) is 4.17. The molecule has 0 aliphatic rings. The minimum absolute atomic E-state index is 0.115. The largest absolute Gasteiger partial charge is 0.496 e. The van der Waals surface area contributed by atoms with Gasteiger partial charge in [-0.25, -0.2) is 4.79 Å². The van der Waals surface area contributed by atoms with Crippen LogP contribution in [0, 0.1) is 0 Å². The molecule has 2 rings (SSSR count). The molecule has 0 fully saturated rings. The van der Waals surface area contributed by atoms with Crippen LogP contribution in [0.1, 0.15) is 15.9 Å². The second kappa shape index (κ2) is 6.70. The monoisotopic (exact) mass is 326 g/mol. The summed E-state index contributed by atoms with van der Waals surface area (Å²) in [6.07, 6.45) is 0. The Morgan fingerprint density at radius 2 is 1.95 bits per heavy atom. The second-order valence-corrected chi connectivity index (χ2v) is 4.96. The van der Waals surface area contributed by atoms with Gasteiger partial charge in [-0.3, -0.25) is 0 Å². The molecule has 0 aliphatic carbocycles. The molecule has 4 nitrogen and oxygen atoms in total. The van der Waals surface area contributed by atoms with Gasteiger partial charge in [-0.05, 0) is 30.3 Å². The third-order valence-electron chi connectivity index (χ3n) is 2.83. The van der Waals surface area contributed by atoms with Gasteiger partial charge >= 0.3 is 5.97 Å². The first-order valence-electron chi connectivity index (χ1n) is 6.00. The van der Waals surface area contributed by atoms with E-state index in [-0.39, 0.29) is 12.2 Å². The van der Waals surface area contributed by atoms with Crippen molar-refractivity contribution in [1.82, 2.24) is 0 Å². The minimum atomic E-state index is -1.01. The number of aromatic carboxylic acids is 1. The van der Waals surface area contributed by atoms with E-state index in [1.54, 1.807) is 24.3 Å². The Morgan fingerprint density at radius 3 is 2.62 bits per heavy atom. The molecule has 6 heteroatoms. The number of carboxylic acid groups (broad SMARTS) is 1. The van der Waals surface area contributed by atoms with Crippen LogP contribution in [0.2, 0.25) is 10.0 Å². The summed E-state index contributed by atoms with van der Waals surface area (Å²) in [5.41, 5.74) is 0.764. The summed E-state index contributed by atoms with van der Waals surface area (Å²) >= 11 is 11.9. The number of halogens is 2. The van der Waals surface area contributed by atoms with Gasteiger partial charge in [-0.15, -0.1) is 0 Å². The lowest BCUT2D eigenvalue weighted by molar-refractivity contribution is 0.0696. The molecule has 0 unspecified atom stereocenters. The molecule has 2 aromatic carbocycles. The highest BCUT2D eigenvalue weighted by Gasteiger charge is 2.11. The Bertz CT molecular complexity index is 671. The fourth-order valence-electron chi connectivity index (χ4n) is 1.78. The van der Waals surface area contributed by atoms with Gasteiger partial charge in [-0.2, -0.15) is 0 Å². The molecule has 0 saturated heterocycles. The maximum absolute atomic E-state index is 11.0. The summed E-state index contributed by atoms with van der Waals surface area (Å²) in [6, 6.07) is 9.61. The van der Waals surface area contributed by atoms with Crippen molar-refractivity contribution in [2.75, 3.05) is 7.11 Å². The standard InChI is InChI=1S/C15H12Cl2O4/c1-20-12-6-5-9(15(18)19)7-10(12)8-21-13-4-2-3-11(16)14(13)17/h2-7H,8H2,1H3,(H,18,19). The summed E-state index contributed by atoms with van der Waals surface area (Å²) in [7, 11) is 1.51. The van der Waals surface area contributed by atoms with Crippen molar-refractivity contribution in [3.63, 3.8) is 0 Å². The van der Waals surface area contributed by atoms with Crippen LogP contribution in [-0.2, 0) is 6.61 Å². The molecule has 0 spiro atoms. The van der Waals surface area contributed by atoms with Gasteiger partial charge in [0.05, 0.1) is 17.7 Å². The number of hydrogen-bond donors (Lipinski definition) is 1. The Balaban J connectivity index is 2.24. The lowest BCUT2D eigenvalue weighted by Crippen LogP contribution is -2.03. The van der Waals surface area contributed by atoms with E-state index in [0.29, 0.717) is 27.1 Å². The van der Waals surface area contributed by atoms with E-state index < -0.39 is 5.97 Å². The van der Waals surface area contributed by atoms with E-state index in [2.05, 4.69) is 0 Å². The van der Waals surface area contributed by atoms with Gasteiger partial charge in [0.15, 0.2) is 0 Å². The quantitative estimate of drug-likeness (QED) is 0.890. The predicted molar refractivity (Wildman–Crippen MR) is 80.7 cm³/mol. The Kier molecular flexibility index (Phi) is 4.94. The van der Waals surface area contributed by atoms with E-state index in [4.69, 9.17) is 37.8 Å². The highest BCUT2D eigenvalue weighted by atomic mass is 35.5. The molecule has 0 heterocycles. The molecule has 0 aromatic heterocycles. The van der Waals surface area contributed by atoms with Crippen LogP contribution in [0.5, 0.6) is 11.5 Å². The van der Waals surface area contributed by atoms with Crippen LogP contribution < -0.4 is 9.47 Å². The molecular weight excluding hydrogens is 315 g/mol. The van der Waals surface area contributed by atoms with Crippen molar-refractivity contribution in [3.05, 3.63) is 57.6 Å². The van der Waals surface area contributed by atoms with Crippen LogP contribution in [0.3, 0.4) is 0 Å². The van der Waals surface area contributed by atoms with Crippen LogP contribution in [0.15, 0.2) is 36.4 Å². The zero-order valence-electron chi connectivity index (χ0n) is 11.1. The Labute approximate surface area is 131 Å². The number of ether oxygens (including phenoxy) is 2. The summed E-state index contributed by atoms with van der Waals surface area (Å²) in [6.45, 7) is 0.115. The first-order chi connectivity index (χ1) is 10.0. The van der Waals surface area contributed by atoms with Gasteiger partial charge < -0.3 is 14.6 Å². The van der Waals surface area contributed by atoms with Crippen LogP contribution >= 0.6 is 23.2 Å². The normalized spacial score (nSPS) is 10.2. The molecule has 1 N–H and O–H groups in total. The topological polar surface area (TPSA) is 55.8 Å². The number of hydrogen-bond acceptors (Lipinski definition) is 3. The zero-order valence-corrected chi connectivity index (χ0v) is 12.6. The van der Waals surface area contributed by atoms with Crippen molar-refractivity contribution in [3.8, 4) is 11.5 Å². The summed E-state index contributed by atoms with van der Waals surface area (Å²) in [5.74, 6) is -0.0511. The molecular formula is C15H12Cl2O4. The van der Waals surface area contributed by atoms with Crippen molar-refractivity contribution in [2.24, 2.45) is 0 Å². The smallest absolute Gasteiger partial charge is 0.335 e. The zero-order chi connectivity index (χ0) is 15.4. The van der Waals surface area contributed by atoms with Gasteiger partial charge in [0.25, 0.3) is 0 Å². The molecule has 0 bridgehead atoms. The number of rotatable bonds is 5. The van der Waals surface area contributed by atoms with Gasteiger partial charge in [0.1, 0.15) is 23.1 Å². The van der Waals surface area contributed by atoms with Crippen LogP contribution in [0.4, 0.5) is 0 Å². The predicted octanol–water partition coefficient (Wildman–Crippen LogP) is 4.28. The van der Waals surface area contributed by atoms with Crippen LogP contribution in [0.25, 0.3) is 0 Å². The maximum Gasteiger partial charge on any atom is 0.335 e. The van der Waals surface area contributed by atoms with Crippen molar-refractivity contribution in [1.29, 1.82) is 0 Å². The van der Waals surface area contributed by atoms with Crippen LogP contribution in [-0.4, -0.2) is 18.2 Å². The first kappa shape index (κ1) is 15.5. The molecule has 0 atom stereocenters. The fourth-order valence-corrected chi connectivity index (χ4v) is 2.12. The highest BCUT2D eigenvalue weighted by molar-refractivity contribution is 6.42. The van der Waals surface area contributed by atoms with E-state index >= 15 is 0 Å². The first-order valence-corrected chi connectivity index (χ1v) is 6.75. The molecule has 2 aromatic rings. The molecule has 0 aliphatic heterocycles. The number of benzene rings is 2. The third-order valence-corrected chi connectivity index (χ3v) is 3.63. The third kappa shape index (κ3) is 3.60. The highest BCUT2D eigenvalue weighted by Crippen LogP contribution is 2.32. The van der Waals surface area contributed by atoms with Gasteiger partial charge in [0.2, 0.25) is 0 Å². The van der Waals surface area contributed by atoms with E-state index in [1.807, 2.05) is 0 Å².